The molecule has 2 rings (SSSR count). The molecule has 0 bridgehead atoms. The molecule has 0 saturated carbocycles. The van der Waals surface area contributed by atoms with Gasteiger partial charge in [0, 0.05) is 13.1 Å². The highest BCUT2D eigenvalue weighted by molar-refractivity contribution is 7.89. The molecule has 0 aromatic heterocycles. The Balaban J connectivity index is 2.11. The van der Waals surface area contributed by atoms with E-state index in [-0.39, 0.29) is 4.90 Å². The van der Waals surface area contributed by atoms with Crippen molar-refractivity contribution in [3.8, 4) is 0 Å². The molecular weight excluding hydrogens is 308 g/mol. The molecule has 0 spiro atoms. The van der Waals surface area contributed by atoms with Crippen molar-refractivity contribution in [1.29, 1.82) is 0 Å². The molecule has 22 heavy (non-hydrogen) atoms. The van der Waals surface area contributed by atoms with Gasteiger partial charge in [0.15, 0.2) is 0 Å². The predicted molar refractivity (Wildman–Crippen MR) is 79.8 cm³/mol. The maximum Gasteiger partial charge on any atom is 0.243 e. The molecule has 1 aromatic carbocycles. The van der Waals surface area contributed by atoms with Crippen LogP contribution in [0, 0.1) is 6.92 Å². The molecule has 7 nitrogen and oxygen atoms in total. The van der Waals surface area contributed by atoms with E-state index in [1.807, 2.05) is 6.92 Å². The van der Waals surface area contributed by atoms with Gasteiger partial charge < -0.3 is 14.7 Å². The number of aliphatic hydroxyl groups excluding tert-OH is 1. The number of nitrogens with one attached hydrogen (secondary N) is 1. The minimum atomic E-state index is -3.86. The number of aliphatic hydroxyl groups is 1. The number of aryl methyl sites for hydroxylation is 1. The smallest absolute Gasteiger partial charge is 0.243 e. The molecule has 0 aliphatic carbocycles. The van der Waals surface area contributed by atoms with Crippen LogP contribution in [0.15, 0.2) is 29.2 Å². The fraction of sp³-hybridized carbons (Fsp3) is 0.500. The average molecular weight is 328 g/mol. The number of rotatable bonds is 5. The summed E-state index contributed by atoms with van der Waals surface area (Å²) in [5, 5.41) is 9.38. The van der Waals surface area contributed by atoms with Gasteiger partial charge in [-0.1, -0.05) is 17.7 Å². The zero-order chi connectivity index (χ0) is 16.2. The SMILES string of the molecule is Cc1ccc(S(=O)(=O)NC(CO)C(=O)N2CCOCC2)cc1. The lowest BCUT2D eigenvalue weighted by atomic mass is 10.2. The second-order valence-corrected chi connectivity index (χ2v) is 6.82. The predicted octanol–water partition coefficient (Wildman–Crippen LogP) is -0.507. The summed E-state index contributed by atoms with van der Waals surface area (Å²) >= 11 is 0. The van der Waals surface area contributed by atoms with E-state index in [1.54, 1.807) is 12.1 Å². The van der Waals surface area contributed by atoms with Crippen LogP contribution >= 0.6 is 0 Å². The number of morpholine rings is 1. The van der Waals surface area contributed by atoms with Crippen molar-refractivity contribution in [1.82, 2.24) is 9.62 Å². The molecule has 1 saturated heterocycles. The first-order valence-corrected chi connectivity index (χ1v) is 8.49. The van der Waals surface area contributed by atoms with E-state index in [4.69, 9.17) is 4.74 Å². The van der Waals surface area contributed by atoms with E-state index in [0.717, 1.165) is 5.56 Å². The summed E-state index contributed by atoms with van der Waals surface area (Å²) in [5.74, 6) is -0.443. The fourth-order valence-corrected chi connectivity index (χ4v) is 3.32. The Morgan fingerprint density at radius 2 is 1.91 bits per heavy atom. The molecule has 8 heteroatoms. The van der Waals surface area contributed by atoms with Crippen molar-refractivity contribution >= 4 is 15.9 Å². The summed E-state index contributed by atoms with van der Waals surface area (Å²) in [4.78, 5) is 13.8. The first-order valence-electron chi connectivity index (χ1n) is 7.00. The summed E-state index contributed by atoms with van der Waals surface area (Å²) in [5.41, 5.74) is 0.932. The summed E-state index contributed by atoms with van der Waals surface area (Å²) in [6.45, 7) is 2.86. The normalized spacial score (nSPS) is 17.3. The number of ether oxygens (including phenoxy) is 1. The molecule has 1 fully saturated rings. The lowest BCUT2D eigenvalue weighted by Gasteiger charge is -2.30. The Kier molecular flexibility index (Phi) is 5.52. The molecule has 1 heterocycles. The number of hydrogen-bond donors (Lipinski definition) is 2. The minimum Gasteiger partial charge on any atom is -0.394 e. The maximum atomic E-state index is 12.3. The third kappa shape index (κ3) is 4.04. The van der Waals surface area contributed by atoms with Crippen molar-refractivity contribution in [2.24, 2.45) is 0 Å². The molecule has 122 valence electrons. The van der Waals surface area contributed by atoms with Gasteiger partial charge in [-0.15, -0.1) is 0 Å². The van der Waals surface area contributed by atoms with E-state index in [1.165, 1.54) is 17.0 Å². The van der Waals surface area contributed by atoms with Crippen molar-refractivity contribution in [2.75, 3.05) is 32.9 Å². The Hall–Kier alpha value is -1.48. The van der Waals surface area contributed by atoms with Crippen LogP contribution in [0.3, 0.4) is 0 Å². The lowest BCUT2D eigenvalue weighted by Crippen LogP contribution is -2.53. The summed E-state index contributed by atoms with van der Waals surface area (Å²) in [7, 11) is -3.86. The third-order valence-corrected chi connectivity index (χ3v) is 4.92. The van der Waals surface area contributed by atoms with E-state index in [9.17, 15) is 18.3 Å². The van der Waals surface area contributed by atoms with Crippen molar-refractivity contribution in [3.05, 3.63) is 29.8 Å². The van der Waals surface area contributed by atoms with Crippen LogP contribution in [0.5, 0.6) is 0 Å². The number of carbonyl (C=O) groups is 1. The molecule has 1 aromatic rings. The summed E-state index contributed by atoms with van der Waals surface area (Å²) < 4.78 is 32.0. The summed E-state index contributed by atoms with van der Waals surface area (Å²) in [6.07, 6.45) is 0. The van der Waals surface area contributed by atoms with Gasteiger partial charge in [-0.2, -0.15) is 4.72 Å². The van der Waals surface area contributed by atoms with Crippen LogP contribution < -0.4 is 4.72 Å². The molecular formula is C14H20N2O5S. The Labute approximate surface area is 129 Å². The van der Waals surface area contributed by atoms with Gasteiger partial charge >= 0.3 is 0 Å². The average Bonchev–Trinajstić information content (AvgIpc) is 2.53. The standard InChI is InChI=1S/C14H20N2O5S/c1-11-2-4-12(5-3-11)22(19,20)15-13(10-17)14(18)16-6-8-21-9-7-16/h2-5,13,15,17H,6-10H2,1H3. The Morgan fingerprint density at radius 3 is 2.45 bits per heavy atom. The van der Waals surface area contributed by atoms with Crippen molar-refractivity contribution < 1.29 is 23.1 Å². The van der Waals surface area contributed by atoms with E-state index in [2.05, 4.69) is 4.72 Å². The van der Waals surface area contributed by atoms with Gasteiger partial charge in [-0.25, -0.2) is 8.42 Å². The van der Waals surface area contributed by atoms with E-state index < -0.39 is 28.6 Å². The van der Waals surface area contributed by atoms with Crippen LogP contribution in [0.4, 0.5) is 0 Å². The van der Waals surface area contributed by atoms with Crippen LogP contribution in [-0.4, -0.2) is 63.3 Å². The second kappa shape index (κ2) is 7.19. The van der Waals surface area contributed by atoms with Gasteiger partial charge in [-0.05, 0) is 19.1 Å². The molecule has 1 atom stereocenters. The summed E-state index contributed by atoms with van der Waals surface area (Å²) in [6, 6.07) is 5.08. The van der Waals surface area contributed by atoms with Gasteiger partial charge in [0.25, 0.3) is 0 Å². The van der Waals surface area contributed by atoms with Gasteiger partial charge in [0.05, 0.1) is 24.7 Å². The van der Waals surface area contributed by atoms with Gasteiger partial charge in [0.2, 0.25) is 15.9 Å². The molecule has 0 radical (unpaired) electrons. The molecule has 1 unspecified atom stereocenters. The number of sulfonamides is 1. The number of benzene rings is 1. The number of hydrogen-bond acceptors (Lipinski definition) is 5. The maximum absolute atomic E-state index is 12.3. The van der Waals surface area contributed by atoms with Crippen LogP contribution in [-0.2, 0) is 19.6 Å². The van der Waals surface area contributed by atoms with E-state index >= 15 is 0 Å². The van der Waals surface area contributed by atoms with E-state index in [0.29, 0.717) is 26.3 Å². The largest absolute Gasteiger partial charge is 0.394 e. The quantitative estimate of drug-likeness (QED) is 0.759. The lowest BCUT2D eigenvalue weighted by molar-refractivity contribution is -0.137. The number of amides is 1. The molecule has 1 aliphatic heterocycles. The Bertz CT molecular complexity index is 609. The monoisotopic (exact) mass is 328 g/mol. The van der Waals surface area contributed by atoms with Crippen LogP contribution in [0.1, 0.15) is 5.56 Å². The third-order valence-electron chi connectivity index (χ3n) is 3.43. The van der Waals surface area contributed by atoms with Gasteiger partial charge in [0.1, 0.15) is 6.04 Å². The van der Waals surface area contributed by atoms with Crippen molar-refractivity contribution in [2.45, 2.75) is 17.9 Å². The zero-order valence-electron chi connectivity index (χ0n) is 12.4. The highest BCUT2D eigenvalue weighted by Crippen LogP contribution is 2.11. The van der Waals surface area contributed by atoms with Gasteiger partial charge in [-0.3, -0.25) is 4.79 Å². The molecule has 1 amide bonds. The second-order valence-electron chi connectivity index (χ2n) is 5.11. The topological polar surface area (TPSA) is 95.9 Å². The number of nitrogens with zero attached hydrogens (tertiary/aromatic N) is 1. The number of carbonyl (C=O) groups excluding carboxylic acids is 1. The molecule has 2 N–H and O–H groups in total. The first-order chi connectivity index (χ1) is 10.4. The van der Waals surface area contributed by atoms with Crippen LogP contribution in [0.2, 0.25) is 0 Å². The highest BCUT2D eigenvalue weighted by atomic mass is 32.2. The fourth-order valence-electron chi connectivity index (χ4n) is 2.14. The molecule has 1 aliphatic rings. The minimum absolute atomic E-state index is 0.0614. The first kappa shape index (κ1) is 16.9. The highest BCUT2D eigenvalue weighted by Gasteiger charge is 2.29. The zero-order valence-corrected chi connectivity index (χ0v) is 13.2. The van der Waals surface area contributed by atoms with Crippen LogP contribution in [0.25, 0.3) is 0 Å². The van der Waals surface area contributed by atoms with Crippen molar-refractivity contribution in [3.63, 3.8) is 0 Å². The Morgan fingerprint density at radius 1 is 1.32 bits per heavy atom.